The van der Waals surface area contributed by atoms with Gasteiger partial charge in [0.2, 0.25) is 0 Å². The second-order valence-electron chi connectivity index (χ2n) is 4.24. The average molecular weight is 273 g/mol. The molecule has 102 valence electrons. The molecule has 0 unspecified atom stereocenters. The molecule has 2 heterocycles. The average Bonchev–Trinajstić information content (AvgIpc) is 2.90. The molecule has 0 atom stereocenters. The Kier molecular flexibility index (Phi) is 3.41. The summed E-state index contributed by atoms with van der Waals surface area (Å²) in [6.07, 6.45) is 5.07. The van der Waals surface area contributed by atoms with Crippen LogP contribution in [-0.4, -0.2) is 26.7 Å². The number of aromatic nitrogens is 3. The summed E-state index contributed by atoms with van der Waals surface area (Å²) in [5.74, 6) is -0.291. The van der Waals surface area contributed by atoms with E-state index in [9.17, 15) is 4.39 Å². The zero-order valence-corrected chi connectivity index (χ0v) is 10.5. The highest BCUT2D eigenvalue weighted by atomic mass is 19.1. The Morgan fingerprint density at radius 3 is 2.70 bits per heavy atom. The van der Waals surface area contributed by atoms with E-state index in [-0.39, 0.29) is 19.2 Å². The fraction of sp³-hybridized carbons (Fsp3) is 0.143. The number of rotatable bonds is 4. The minimum atomic E-state index is -0.345. The summed E-state index contributed by atoms with van der Waals surface area (Å²) in [5.41, 5.74) is 2.39. The smallest absolute Gasteiger partial charge is 0.144 e. The fourth-order valence-corrected chi connectivity index (χ4v) is 2.06. The summed E-state index contributed by atoms with van der Waals surface area (Å²) >= 11 is 0. The molecule has 2 aromatic heterocycles. The van der Waals surface area contributed by atoms with Gasteiger partial charge in [-0.3, -0.25) is 4.98 Å². The first-order chi connectivity index (χ1) is 9.79. The highest BCUT2D eigenvalue weighted by Gasteiger charge is 2.09. The number of aliphatic hydroxyl groups excluding tert-OH is 1. The van der Waals surface area contributed by atoms with Crippen LogP contribution in [0.3, 0.4) is 0 Å². The molecule has 1 N–H and O–H groups in total. The van der Waals surface area contributed by atoms with E-state index in [2.05, 4.69) is 10.1 Å². The molecule has 0 spiro atoms. The Bertz CT molecular complexity index is 725. The van der Waals surface area contributed by atoms with Crippen molar-refractivity contribution in [3.8, 4) is 5.69 Å². The lowest BCUT2D eigenvalue weighted by atomic mass is 10.2. The lowest BCUT2D eigenvalue weighted by molar-refractivity contribution is -0.0108. The Labute approximate surface area is 114 Å². The molecule has 5 nitrogen and oxygen atoms in total. The summed E-state index contributed by atoms with van der Waals surface area (Å²) in [6, 6.07) is 6.07. The third kappa shape index (κ3) is 2.26. The molecule has 20 heavy (non-hydrogen) atoms. The van der Waals surface area contributed by atoms with Crippen LogP contribution in [0.4, 0.5) is 4.39 Å². The highest BCUT2D eigenvalue weighted by molar-refractivity contribution is 5.82. The topological polar surface area (TPSA) is 60.2 Å². The number of nitrogens with zero attached hydrogens (tertiary/aromatic N) is 3. The summed E-state index contributed by atoms with van der Waals surface area (Å²) in [7, 11) is 0. The molecule has 3 aromatic rings. The second-order valence-corrected chi connectivity index (χ2v) is 4.24. The van der Waals surface area contributed by atoms with E-state index in [0.29, 0.717) is 0 Å². The Morgan fingerprint density at radius 2 is 1.95 bits per heavy atom. The first kappa shape index (κ1) is 12.7. The predicted molar refractivity (Wildman–Crippen MR) is 70.7 cm³/mol. The zero-order chi connectivity index (χ0) is 13.9. The van der Waals surface area contributed by atoms with Gasteiger partial charge in [-0.25, -0.2) is 9.07 Å². The third-order valence-corrected chi connectivity index (χ3v) is 3.00. The van der Waals surface area contributed by atoms with Crippen LogP contribution in [0.5, 0.6) is 0 Å². The van der Waals surface area contributed by atoms with Crippen molar-refractivity contribution in [1.29, 1.82) is 0 Å². The number of hydrogen-bond donors (Lipinski definition) is 1. The molecule has 3 rings (SSSR count). The lowest BCUT2D eigenvalue weighted by Crippen LogP contribution is -1.98. The van der Waals surface area contributed by atoms with Gasteiger partial charge in [-0.05, 0) is 24.3 Å². The van der Waals surface area contributed by atoms with E-state index in [1.54, 1.807) is 35.4 Å². The maximum Gasteiger partial charge on any atom is 0.144 e. The number of hydrogen-bond acceptors (Lipinski definition) is 4. The van der Waals surface area contributed by atoms with E-state index in [1.165, 1.54) is 12.1 Å². The van der Waals surface area contributed by atoms with Crippen molar-refractivity contribution in [3.63, 3.8) is 0 Å². The summed E-state index contributed by atoms with van der Waals surface area (Å²) < 4.78 is 19.6. The number of pyridine rings is 1. The van der Waals surface area contributed by atoms with Crippen molar-refractivity contribution in [2.75, 3.05) is 6.79 Å². The van der Waals surface area contributed by atoms with Crippen LogP contribution < -0.4 is 0 Å². The number of benzene rings is 1. The molecule has 0 amide bonds. The molecule has 0 saturated carbocycles. The van der Waals surface area contributed by atoms with Gasteiger partial charge >= 0.3 is 0 Å². The van der Waals surface area contributed by atoms with Gasteiger partial charge in [-0.1, -0.05) is 0 Å². The standard InChI is InChI=1S/C14H12FN3O2/c15-11-1-3-12(4-2-11)18-14-7-16-5-10(8-20-9-19)13(14)6-17-18/h1-7,19H,8-9H2. The monoisotopic (exact) mass is 273 g/mol. The van der Waals surface area contributed by atoms with E-state index >= 15 is 0 Å². The van der Waals surface area contributed by atoms with Crippen molar-refractivity contribution >= 4 is 10.9 Å². The molecule has 1 aromatic carbocycles. The van der Waals surface area contributed by atoms with Crippen molar-refractivity contribution in [2.45, 2.75) is 6.61 Å². The number of halogens is 1. The third-order valence-electron chi connectivity index (χ3n) is 3.00. The number of ether oxygens (including phenoxy) is 1. The van der Waals surface area contributed by atoms with Gasteiger partial charge in [0.25, 0.3) is 0 Å². The quantitative estimate of drug-likeness (QED) is 0.739. The minimum Gasteiger partial charge on any atom is -0.371 e. The van der Waals surface area contributed by atoms with Crippen molar-refractivity contribution < 1.29 is 14.2 Å². The van der Waals surface area contributed by atoms with Crippen LogP contribution in [0.25, 0.3) is 16.6 Å². The Hall–Kier alpha value is -2.31. The van der Waals surface area contributed by atoms with Gasteiger partial charge in [0.1, 0.15) is 12.6 Å². The SMILES string of the molecule is OCOCc1cncc2c1cnn2-c1ccc(F)cc1. The maximum atomic E-state index is 13.0. The first-order valence-corrected chi connectivity index (χ1v) is 6.05. The summed E-state index contributed by atoms with van der Waals surface area (Å²) in [5, 5.41) is 13.9. The van der Waals surface area contributed by atoms with E-state index in [1.807, 2.05) is 0 Å². The molecule has 6 heteroatoms. The van der Waals surface area contributed by atoms with Crippen LogP contribution in [0.2, 0.25) is 0 Å². The molecule has 0 bridgehead atoms. The van der Waals surface area contributed by atoms with Crippen molar-refractivity contribution in [1.82, 2.24) is 14.8 Å². The van der Waals surface area contributed by atoms with Crippen molar-refractivity contribution in [3.05, 3.63) is 54.2 Å². The Morgan fingerprint density at radius 1 is 1.15 bits per heavy atom. The zero-order valence-electron chi connectivity index (χ0n) is 10.5. The molecule has 0 aliphatic heterocycles. The molecular weight excluding hydrogens is 261 g/mol. The molecule has 0 aliphatic rings. The van der Waals surface area contributed by atoms with Crippen LogP contribution in [0, 0.1) is 5.82 Å². The van der Waals surface area contributed by atoms with Crippen LogP contribution in [0.15, 0.2) is 42.9 Å². The number of aliphatic hydroxyl groups is 1. The van der Waals surface area contributed by atoms with Gasteiger partial charge in [0, 0.05) is 17.1 Å². The van der Waals surface area contributed by atoms with E-state index in [4.69, 9.17) is 9.84 Å². The van der Waals surface area contributed by atoms with Gasteiger partial charge in [0.05, 0.1) is 30.2 Å². The minimum absolute atomic E-state index is 0.260. The maximum absolute atomic E-state index is 13.0. The summed E-state index contributed by atoms with van der Waals surface area (Å²) in [4.78, 5) is 4.15. The normalized spacial score (nSPS) is 11.1. The van der Waals surface area contributed by atoms with Gasteiger partial charge in [-0.15, -0.1) is 0 Å². The van der Waals surface area contributed by atoms with Gasteiger partial charge in [0.15, 0.2) is 0 Å². The number of fused-ring (bicyclic) bond motifs is 1. The Balaban J connectivity index is 2.07. The van der Waals surface area contributed by atoms with Crippen LogP contribution in [0.1, 0.15) is 5.56 Å². The largest absolute Gasteiger partial charge is 0.371 e. The second kappa shape index (κ2) is 5.36. The van der Waals surface area contributed by atoms with Crippen LogP contribution >= 0.6 is 0 Å². The van der Waals surface area contributed by atoms with Crippen LogP contribution in [-0.2, 0) is 11.3 Å². The van der Waals surface area contributed by atoms with Gasteiger partial charge < -0.3 is 9.84 Å². The summed E-state index contributed by atoms with van der Waals surface area (Å²) in [6.45, 7) is -0.0849. The molecular formula is C14H12FN3O2. The van der Waals surface area contributed by atoms with E-state index < -0.39 is 0 Å². The first-order valence-electron chi connectivity index (χ1n) is 6.05. The van der Waals surface area contributed by atoms with E-state index in [0.717, 1.165) is 22.2 Å². The predicted octanol–water partition coefficient (Wildman–Crippen LogP) is 2.03. The molecule has 0 radical (unpaired) electrons. The lowest BCUT2D eigenvalue weighted by Gasteiger charge is -2.05. The highest BCUT2D eigenvalue weighted by Crippen LogP contribution is 2.21. The molecule has 0 aliphatic carbocycles. The van der Waals surface area contributed by atoms with Crippen molar-refractivity contribution in [2.24, 2.45) is 0 Å². The molecule has 0 saturated heterocycles. The molecule has 0 fully saturated rings. The fourth-order valence-electron chi connectivity index (χ4n) is 2.06. The van der Waals surface area contributed by atoms with Gasteiger partial charge in [-0.2, -0.15) is 5.10 Å².